The van der Waals surface area contributed by atoms with Crippen LogP contribution in [0.15, 0.2) is 60.7 Å². The molecule has 3 aromatic rings. The third-order valence-corrected chi connectivity index (χ3v) is 5.43. The Morgan fingerprint density at radius 1 is 0.875 bits per heavy atom. The second-order valence-corrected chi connectivity index (χ2v) is 7.78. The van der Waals surface area contributed by atoms with Gasteiger partial charge in [-0.25, -0.2) is 8.78 Å². The van der Waals surface area contributed by atoms with Crippen LogP contribution >= 0.6 is 12.2 Å². The highest BCUT2D eigenvalue weighted by atomic mass is 32.1. The van der Waals surface area contributed by atoms with Crippen LogP contribution in [0.1, 0.15) is 16.7 Å². The topological polar surface area (TPSA) is 27.3 Å². The lowest BCUT2D eigenvalue weighted by Gasteiger charge is -2.32. The molecule has 4 rings (SSSR count). The zero-order valence-corrected chi connectivity index (χ0v) is 17.5. The van der Waals surface area contributed by atoms with Gasteiger partial charge in [0.15, 0.2) is 5.11 Å². The number of fused-ring (bicyclic) bond motifs is 1. The van der Waals surface area contributed by atoms with Gasteiger partial charge in [0.1, 0.15) is 11.6 Å². The van der Waals surface area contributed by atoms with Crippen LogP contribution < -0.4 is 15.5 Å². The van der Waals surface area contributed by atoms with Crippen LogP contribution in [0, 0.1) is 11.6 Å². The van der Waals surface area contributed by atoms with Crippen molar-refractivity contribution in [2.75, 3.05) is 22.1 Å². The molecule has 0 bridgehead atoms. The minimum absolute atomic E-state index is 0.0932. The van der Waals surface area contributed by atoms with Crippen LogP contribution in [0.5, 0.6) is 0 Å². The summed E-state index contributed by atoms with van der Waals surface area (Å²) < 4.78 is 67.1. The van der Waals surface area contributed by atoms with Crippen LogP contribution in [0.4, 0.5) is 39.0 Å². The molecule has 2 N–H and O–H groups in total. The van der Waals surface area contributed by atoms with Crippen molar-refractivity contribution in [3.8, 4) is 0 Å². The monoisotopic (exact) mass is 463 g/mol. The van der Waals surface area contributed by atoms with E-state index in [1.807, 2.05) is 29.2 Å². The minimum Gasteiger partial charge on any atom is -0.365 e. The number of rotatable bonds is 3. The van der Waals surface area contributed by atoms with Crippen LogP contribution in [0.25, 0.3) is 0 Å². The van der Waals surface area contributed by atoms with Gasteiger partial charge in [0, 0.05) is 19.2 Å². The van der Waals surface area contributed by atoms with Gasteiger partial charge in [0.25, 0.3) is 0 Å². The fraction of sp³-hybridized carbons (Fsp3) is 0.174. The minimum atomic E-state index is -4.54. The molecule has 1 heterocycles. The number of thiocarbonyl (C=S) groups is 1. The van der Waals surface area contributed by atoms with Crippen molar-refractivity contribution in [1.82, 2.24) is 0 Å². The zero-order chi connectivity index (χ0) is 22.9. The van der Waals surface area contributed by atoms with Gasteiger partial charge >= 0.3 is 6.18 Å². The van der Waals surface area contributed by atoms with Crippen molar-refractivity contribution in [3.05, 3.63) is 89.0 Å². The Labute approximate surface area is 186 Å². The molecule has 1 aliphatic heterocycles. The first kappa shape index (κ1) is 22.0. The second kappa shape index (κ2) is 8.74. The Kier molecular flexibility index (Phi) is 6.01. The Morgan fingerprint density at radius 2 is 1.59 bits per heavy atom. The highest BCUT2D eigenvalue weighted by molar-refractivity contribution is 7.80. The lowest BCUT2D eigenvalue weighted by Crippen LogP contribution is -2.31. The molecule has 166 valence electrons. The fourth-order valence-electron chi connectivity index (χ4n) is 3.66. The largest absolute Gasteiger partial charge is 0.416 e. The van der Waals surface area contributed by atoms with E-state index in [0.29, 0.717) is 24.8 Å². The maximum atomic E-state index is 13.9. The molecule has 0 saturated carbocycles. The summed E-state index contributed by atoms with van der Waals surface area (Å²) in [5.41, 5.74) is 2.05. The third kappa shape index (κ3) is 4.83. The first-order valence-corrected chi connectivity index (χ1v) is 10.2. The lowest BCUT2D eigenvalue weighted by molar-refractivity contribution is -0.137. The molecule has 0 fully saturated rings. The van der Waals surface area contributed by atoms with Crippen LogP contribution in [-0.2, 0) is 19.1 Å². The lowest BCUT2D eigenvalue weighted by atomic mass is 9.99. The molecule has 0 spiro atoms. The fourth-order valence-corrected chi connectivity index (χ4v) is 3.88. The molecule has 9 heteroatoms. The smallest absolute Gasteiger partial charge is 0.365 e. The summed E-state index contributed by atoms with van der Waals surface area (Å²) in [7, 11) is 0. The van der Waals surface area contributed by atoms with Crippen LogP contribution in [-0.4, -0.2) is 11.7 Å². The summed E-state index contributed by atoms with van der Waals surface area (Å²) in [5, 5.41) is 5.20. The summed E-state index contributed by atoms with van der Waals surface area (Å²) in [6, 6.07) is 14.2. The summed E-state index contributed by atoms with van der Waals surface area (Å²) in [6.45, 7) is 1.15. The summed E-state index contributed by atoms with van der Waals surface area (Å²) in [5.74, 6) is -1.62. The van der Waals surface area contributed by atoms with E-state index in [0.717, 1.165) is 36.2 Å². The summed E-state index contributed by atoms with van der Waals surface area (Å²) in [4.78, 5) is 1.96. The maximum Gasteiger partial charge on any atom is 0.416 e. The number of alkyl halides is 3. The van der Waals surface area contributed by atoms with Crippen molar-refractivity contribution in [2.45, 2.75) is 19.1 Å². The first-order valence-electron chi connectivity index (χ1n) is 9.77. The first-order chi connectivity index (χ1) is 15.2. The van der Waals surface area contributed by atoms with E-state index in [2.05, 4.69) is 10.6 Å². The second-order valence-electron chi connectivity index (χ2n) is 7.37. The predicted octanol–water partition coefficient (Wildman–Crippen LogP) is 6.36. The molecule has 0 amide bonds. The van der Waals surface area contributed by atoms with E-state index in [9.17, 15) is 22.0 Å². The van der Waals surface area contributed by atoms with E-state index in [-0.39, 0.29) is 16.5 Å². The van der Waals surface area contributed by atoms with E-state index in [1.54, 1.807) is 0 Å². The van der Waals surface area contributed by atoms with Crippen LogP contribution in [0.3, 0.4) is 0 Å². The molecule has 0 atom stereocenters. The third-order valence-electron chi connectivity index (χ3n) is 5.22. The van der Waals surface area contributed by atoms with Gasteiger partial charge in [-0.05, 0) is 60.1 Å². The number of anilines is 3. The van der Waals surface area contributed by atoms with E-state index < -0.39 is 23.4 Å². The van der Waals surface area contributed by atoms with Gasteiger partial charge in [0.05, 0.1) is 22.6 Å². The molecule has 0 aromatic heterocycles. The van der Waals surface area contributed by atoms with E-state index in [4.69, 9.17) is 12.2 Å². The average Bonchev–Trinajstić information content (AvgIpc) is 2.75. The molecule has 0 unspecified atom stereocenters. The molecule has 0 saturated heterocycles. The molecule has 0 aliphatic carbocycles. The van der Waals surface area contributed by atoms with Gasteiger partial charge in [-0.15, -0.1) is 0 Å². The van der Waals surface area contributed by atoms with Gasteiger partial charge < -0.3 is 15.5 Å². The highest BCUT2D eigenvalue weighted by Crippen LogP contribution is 2.37. The average molecular weight is 463 g/mol. The van der Waals surface area contributed by atoms with Crippen molar-refractivity contribution < 1.29 is 22.0 Å². The van der Waals surface area contributed by atoms with Gasteiger partial charge in [-0.3, -0.25) is 0 Å². The van der Waals surface area contributed by atoms with Gasteiger partial charge in [-0.2, -0.15) is 13.2 Å². The summed E-state index contributed by atoms with van der Waals surface area (Å²) >= 11 is 5.19. The molecule has 0 radical (unpaired) electrons. The van der Waals surface area contributed by atoms with E-state index >= 15 is 0 Å². The quantitative estimate of drug-likeness (QED) is 0.349. The number of nitrogens with zero attached hydrogens (tertiary/aromatic N) is 1. The molecular formula is C23H18F5N3S. The molecule has 32 heavy (non-hydrogen) atoms. The van der Waals surface area contributed by atoms with Crippen molar-refractivity contribution in [1.29, 1.82) is 0 Å². The Bertz CT molecular complexity index is 1160. The van der Waals surface area contributed by atoms with Crippen molar-refractivity contribution in [2.24, 2.45) is 0 Å². The normalized spacial score (nSPS) is 13.5. The number of benzene rings is 3. The predicted molar refractivity (Wildman–Crippen MR) is 119 cm³/mol. The Hall–Kier alpha value is -3.20. The molecule has 3 aromatic carbocycles. The van der Waals surface area contributed by atoms with Crippen molar-refractivity contribution >= 4 is 34.4 Å². The number of nitrogens with one attached hydrogen (secondary N) is 2. The van der Waals surface area contributed by atoms with Gasteiger partial charge in [-0.1, -0.05) is 24.3 Å². The number of hydrogen-bond acceptors (Lipinski definition) is 2. The molecular weight excluding hydrogens is 445 g/mol. The van der Waals surface area contributed by atoms with Crippen molar-refractivity contribution in [3.63, 3.8) is 0 Å². The number of halogens is 5. The zero-order valence-electron chi connectivity index (χ0n) is 16.6. The Balaban J connectivity index is 1.62. The standard InChI is InChI=1S/C23H18F5N3S/c24-17-6-7-19(18(25)12-17)29-22(32)30-20-11-16(23(26,27)28)5-8-21(20)31-10-9-14-3-1-2-4-15(14)13-31/h1-8,11-12H,9-10,13H2,(H2,29,30,32). The molecule has 1 aliphatic rings. The van der Waals surface area contributed by atoms with Crippen LogP contribution in [0.2, 0.25) is 0 Å². The highest BCUT2D eigenvalue weighted by Gasteiger charge is 2.32. The van der Waals surface area contributed by atoms with E-state index in [1.165, 1.54) is 11.6 Å². The SMILES string of the molecule is Fc1ccc(NC(=S)Nc2cc(C(F)(F)F)ccc2N2CCc3ccccc3C2)c(F)c1. The Morgan fingerprint density at radius 3 is 2.31 bits per heavy atom. The van der Waals surface area contributed by atoms with Gasteiger partial charge in [0.2, 0.25) is 0 Å². The summed E-state index contributed by atoms with van der Waals surface area (Å²) in [6.07, 6.45) is -3.79. The maximum absolute atomic E-state index is 13.9. The molecule has 3 nitrogen and oxygen atoms in total. The number of hydrogen-bond donors (Lipinski definition) is 2.